The Bertz CT molecular complexity index is 1710. The number of nitrogens with one attached hydrogen (secondary N) is 1. The Kier molecular flexibility index (Phi) is 7.58. The largest absolute Gasteiger partial charge is 0.507 e. The number of ketones is 2. The summed E-state index contributed by atoms with van der Waals surface area (Å²) in [4.78, 5) is 45.6. The van der Waals surface area contributed by atoms with Crippen LogP contribution in [0.3, 0.4) is 0 Å². The van der Waals surface area contributed by atoms with Crippen LogP contribution >= 0.6 is 11.6 Å². The molecule has 2 aromatic carbocycles. The van der Waals surface area contributed by atoms with E-state index in [2.05, 4.69) is 10.3 Å². The molecule has 44 heavy (non-hydrogen) atoms. The van der Waals surface area contributed by atoms with Crippen molar-refractivity contribution in [3.8, 4) is 28.7 Å². The lowest BCUT2D eigenvalue weighted by molar-refractivity contribution is -0.122. The Morgan fingerprint density at radius 1 is 1.14 bits per heavy atom. The average molecular weight is 621 g/mol. The SMILES string of the molecule is COc1cc(OC)c2c(c1Cl)OC1(C2=O)C(O)=C(C(CC(=O)NCc2ccccn2)c2ccc3c(c2)OCO3)C(=O)CC1C. The number of aliphatic hydroxyl groups excluding tert-OH is 1. The third-order valence-corrected chi connectivity index (χ3v) is 8.60. The zero-order chi connectivity index (χ0) is 31.2. The molecule has 12 heteroatoms. The molecule has 0 fully saturated rings. The van der Waals surface area contributed by atoms with Crippen LogP contribution in [0, 0.1) is 5.92 Å². The summed E-state index contributed by atoms with van der Waals surface area (Å²) in [5, 5.41) is 14.9. The summed E-state index contributed by atoms with van der Waals surface area (Å²) in [5.41, 5.74) is -0.931. The van der Waals surface area contributed by atoms with Gasteiger partial charge in [-0.2, -0.15) is 0 Å². The van der Waals surface area contributed by atoms with E-state index in [1.54, 1.807) is 43.5 Å². The molecule has 2 N–H and O–H groups in total. The highest BCUT2D eigenvalue weighted by atomic mass is 35.5. The molecule has 1 aliphatic carbocycles. The van der Waals surface area contributed by atoms with Crippen molar-refractivity contribution in [3.05, 3.63) is 81.8 Å². The number of rotatable bonds is 8. The van der Waals surface area contributed by atoms with Crippen molar-refractivity contribution < 1.29 is 43.2 Å². The number of aliphatic hydroxyl groups is 1. The van der Waals surface area contributed by atoms with Gasteiger partial charge in [0.1, 0.15) is 22.1 Å². The van der Waals surface area contributed by atoms with E-state index in [0.717, 1.165) is 0 Å². The number of carbonyl (C=O) groups excluding carboxylic acids is 3. The number of hydrogen-bond donors (Lipinski definition) is 2. The van der Waals surface area contributed by atoms with Crippen LogP contribution < -0.4 is 29.0 Å². The minimum absolute atomic E-state index is 0.0206. The Morgan fingerprint density at radius 2 is 1.91 bits per heavy atom. The number of fused-ring (bicyclic) bond motifs is 2. The Balaban J connectivity index is 1.45. The van der Waals surface area contributed by atoms with Gasteiger partial charge >= 0.3 is 0 Å². The van der Waals surface area contributed by atoms with E-state index < -0.39 is 40.7 Å². The molecule has 1 amide bonds. The maximum atomic E-state index is 14.2. The number of pyridine rings is 1. The number of nitrogens with zero attached hydrogens (tertiary/aromatic N) is 1. The average Bonchev–Trinajstić information content (AvgIpc) is 3.62. The first-order chi connectivity index (χ1) is 21.2. The molecule has 0 bridgehead atoms. The van der Waals surface area contributed by atoms with Crippen molar-refractivity contribution in [2.24, 2.45) is 5.92 Å². The van der Waals surface area contributed by atoms with Crippen LogP contribution in [-0.2, 0) is 16.1 Å². The highest BCUT2D eigenvalue weighted by Crippen LogP contribution is 2.56. The topological polar surface area (TPSA) is 143 Å². The first-order valence-electron chi connectivity index (χ1n) is 13.9. The predicted octanol–water partition coefficient (Wildman–Crippen LogP) is 4.71. The minimum atomic E-state index is -1.99. The Hall–Kier alpha value is -4.77. The second-order valence-corrected chi connectivity index (χ2v) is 11.1. The zero-order valence-corrected chi connectivity index (χ0v) is 24.9. The Morgan fingerprint density at radius 3 is 2.64 bits per heavy atom. The number of aromatic nitrogens is 1. The van der Waals surface area contributed by atoms with Crippen LogP contribution in [0.2, 0.25) is 5.02 Å². The van der Waals surface area contributed by atoms with Crippen molar-refractivity contribution >= 4 is 29.1 Å². The van der Waals surface area contributed by atoms with Crippen LogP contribution in [0.25, 0.3) is 0 Å². The lowest BCUT2D eigenvalue weighted by Gasteiger charge is -2.38. The van der Waals surface area contributed by atoms with Crippen LogP contribution in [0.5, 0.6) is 28.7 Å². The van der Waals surface area contributed by atoms with E-state index in [1.165, 1.54) is 20.3 Å². The predicted molar refractivity (Wildman–Crippen MR) is 157 cm³/mol. The van der Waals surface area contributed by atoms with Crippen LogP contribution in [0.15, 0.2) is 60.0 Å². The molecule has 228 valence electrons. The molecule has 3 aliphatic rings. The molecule has 3 aromatic rings. The quantitative estimate of drug-likeness (QED) is 0.364. The molecular weight excluding hydrogens is 592 g/mol. The molecule has 0 saturated heterocycles. The summed E-state index contributed by atoms with van der Waals surface area (Å²) in [6.45, 7) is 1.82. The van der Waals surface area contributed by atoms with Gasteiger partial charge in [-0.3, -0.25) is 19.4 Å². The monoisotopic (exact) mass is 620 g/mol. The van der Waals surface area contributed by atoms with E-state index >= 15 is 0 Å². The van der Waals surface area contributed by atoms with Crippen LogP contribution in [0.4, 0.5) is 0 Å². The minimum Gasteiger partial charge on any atom is -0.507 e. The van der Waals surface area contributed by atoms with Crippen LogP contribution in [-0.4, -0.2) is 54.2 Å². The van der Waals surface area contributed by atoms with Gasteiger partial charge in [-0.15, -0.1) is 0 Å². The molecule has 3 heterocycles. The summed E-state index contributed by atoms with van der Waals surface area (Å²) in [5.74, 6) is -2.54. The summed E-state index contributed by atoms with van der Waals surface area (Å²) >= 11 is 6.57. The van der Waals surface area contributed by atoms with E-state index in [9.17, 15) is 19.5 Å². The molecule has 0 radical (unpaired) electrons. The first-order valence-corrected chi connectivity index (χ1v) is 14.3. The van der Waals surface area contributed by atoms with Gasteiger partial charge in [-0.25, -0.2) is 0 Å². The van der Waals surface area contributed by atoms with Crippen LogP contribution in [0.1, 0.15) is 47.3 Å². The number of Topliss-reactive ketones (excluding diaryl/α,β-unsaturated/α-hetero) is 2. The van der Waals surface area contributed by atoms with Gasteiger partial charge in [0.05, 0.1) is 26.5 Å². The van der Waals surface area contributed by atoms with Crippen molar-refractivity contribution in [2.45, 2.75) is 37.8 Å². The molecule has 3 atom stereocenters. The van der Waals surface area contributed by atoms with E-state index in [4.69, 9.17) is 35.3 Å². The maximum absolute atomic E-state index is 14.2. The van der Waals surface area contributed by atoms with Crippen molar-refractivity contribution in [2.75, 3.05) is 21.0 Å². The van der Waals surface area contributed by atoms with Gasteiger partial charge in [0.15, 0.2) is 28.8 Å². The molecule has 1 aromatic heterocycles. The molecule has 2 aliphatic heterocycles. The standard InChI is InChI=1S/C32H29ClN2O9/c1-16-10-20(36)26(30(38)32(16)31(39)27-23(40-2)13-24(41-3)28(33)29(27)44-32)19(17-7-8-21-22(11-17)43-15-42-21)12-25(37)35-14-18-6-4-5-9-34-18/h4-9,11,13,16,19,38H,10,12,14-15H2,1-3H3,(H,35,37). The van der Waals surface area contributed by atoms with Crippen molar-refractivity contribution in [1.29, 1.82) is 0 Å². The fourth-order valence-electron chi connectivity index (χ4n) is 6.00. The summed E-state index contributed by atoms with van der Waals surface area (Å²) in [7, 11) is 2.79. The smallest absolute Gasteiger partial charge is 0.231 e. The highest BCUT2D eigenvalue weighted by molar-refractivity contribution is 6.35. The summed E-state index contributed by atoms with van der Waals surface area (Å²) < 4.78 is 28.1. The second-order valence-electron chi connectivity index (χ2n) is 10.7. The summed E-state index contributed by atoms with van der Waals surface area (Å²) in [6.07, 6.45) is 1.24. The normalized spacial score (nSPS) is 20.8. The molecule has 0 saturated carbocycles. The Labute approximate surface area is 257 Å². The van der Waals surface area contributed by atoms with E-state index in [-0.39, 0.29) is 59.6 Å². The first kappa shape index (κ1) is 29.3. The highest BCUT2D eigenvalue weighted by Gasteiger charge is 2.61. The molecule has 11 nitrogen and oxygen atoms in total. The lowest BCUT2D eigenvalue weighted by atomic mass is 9.69. The fraction of sp³-hybridized carbons (Fsp3) is 0.312. The third kappa shape index (κ3) is 4.68. The zero-order valence-electron chi connectivity index (χ0n) is 24.1. The van der Waals surface area contributed by atoms with E-state index in [0.29, 0.717) is 22.8 Å². The molecule has 1 spiro atoms. The number of carbonyl (C=O) groups is 3. The number of halogens is 1. The van der Waals surface area contributed by atoms with Crippen molar-refractivity contribution in [3.63, 3.8) is 0 Å². The number of amides is 1. The number of methoxy groups -OCH3 is 2. The molecule has 6 rings (SSSR count). The third-order valence-electron chi connectivity index (χ3n) is 8.24. The second kappa shape index (κ2) is 11.4. The van der Waals surface area contributed by atoms with Crippen molar-refractivity contribution in [1.82, 2.24) is 10.3 Å². The number of hydrogen-bond acceptors (Lipinski definition) is 10. The van der Waals surface area contributed by atoms with Gasteiger partial charge in [0.25, 0.3) is 0 Å². The number of benzene rings is 2. The maximum Gasteiger partial charge on any atom is 0.231 e. The van der Waals surface area contributed by atoms with Gasteiger partial charge < -0.3 is 34.1 Å². The summed E-state index contributed by atoms with van der Waals surface area (Å²) in [6, 6.07) is 11.8. The van der Waals surface area contributed by atoms with E-state index in [1.807, 2.05) is 6.07 Å². The van der Waals surface area contributed by atoms with Gasteiger partial charge in [0.2, 0.25) is 24.1 Å². The number of ether oxygens (including phenoxy) is 5. The number of allylic oxidation sites excluding steroid dienone is 1. The molecule has 3 unspecified atom stereocenters. The molecular formula is C32H29ClN2O9. The van der Waals surface area contributed by atoms with Gasteiger partial charge in [0, 0.05) is 42.5 Å². The van der Waals surface area contributed by atoms with Gasteiger partial charge in [-0.1, -0.05) is 30.7 Å². The van der Waals surface area contributed by atoms with Gasteiger partial charge in [-0.05, 0) is 29.8 Å². The lowest BCUT2D eigenvalue weighted by Crippen LogP contribution is -2.53. The fourth-order valence-corrected chi connectivity index (χ4v) is 6.27.